The molecular formula is C14H19N3O2. The number of carboxylic acids is 1. The second-order valence-electron chi connectivity index (χ2n) is 4.46. The molecule has 0 aliphatic rings. The Kier molecular flexibility index (Phi) is 6.37. The van der Waals surface area contributed by atoms with Crippen LogP contribution in [0.15, 0.2) is 18.5 Å². The lowest BCUT2D eigenvalue weighted by molar-refractivity contribution is -0.137. The molecule has 0 aliphatic carbocycles. The molecule has 1 heterocycles. The van der Waals surface area contributed by atoms with Gasteiger partial charge in [0.1, 0.15) is 6.07 Å². The van der Waals surface area contributed by atoms with E-state index < -0.39 is 5.97 Å². The van der Waals surface area contributed by atoms with Crippen molar-refractivity contribution in [3.8, 4) is 6.07 Å². The zero-order valence-corrected chi connectivity index (χ0v) is 11.1. The first kappa shape index (κ1) is 15.0. The average molecular weight is 261 g/mol. The van der Waals surface area contributed by atoms with Gasteiger partial charge in [-0.2, -0.15) is 5.26 Å². The summed E-state index contributed by atoms with van der Waals surface area (Å²) < 4.78 is 0. The van der Waals surface area contributed by atoms with Crippen molar-refractivity contribution in [2.75, 3.05) is 11.9 Å². The molecule has 1 atom stereocenters. The molecule has 1 rings (SSSR count). The maximum atomic E-state index is 10.5. The highest BCUT2D eigenvalue weighted by Gasteiger charge is 2.09. The van der Waals surface area contributed by atoms with Gasteiger partial charge < -0.3 is 10.4 Å². The van der Waals surface area contributed by atoms with E-state index in [1.54, 1.807) is 18.5 Å². The van der Waals surface area contributed by atoms with Crippen molar-refractivity contribution >= 4 is 11.7 Å². The van der Waals surface area contributed by atoms with Gasteiger partial charge in [-0.05, 0) is 24.8 Å². The molecule has 5 nitrogen and oxygen atoms in total. The van der Waals surface area contributed by atoms with Gasteiger partial charge in [-0.15, -0.1) is 0 Å². The Labute approximate surface area is 113 Å². The van der Waals surface area contributed by atoms with Crippen LogP contribution in [0.3, 0.4) is 0 Å². The van der Waals surface area contributed by atoms with Crippen molar-refractivity contribution in [3.05, 3.63) is 24.0 Å². The van der Waals surface area contributed by atoms with E-state index in [0.717, 1.165) is 25.1 Å². The van der Waals surface area contributed by atoms with Crippen molar-refractivity contribution < 1.29 is 9.90 Å². The Morgan fingerprint density at radius 3 is 3.00 bits per heavy atom. The molecule has 1 unspecified atom stereocenters. The molecule has 0 aliphatic heterocycles. The average Bonchev–Trinajstić information content (AvgIpc) is 2.42. The van der Waals surface area contributed by atoms with Crippen molar-refractivity contribution in [3.63, 3.8) is 0 Å². The van der Waals surface area contributed by atoms with Crippen LogP contribution in [0.2, 0.25) is 0 Å². The minimum atomic E-state index is -0.745. The van der Waals surface area contributed by atoms with Gasteiger partial charge in [0.2, 0.25) is 0 Å². The van der Waals surface area contributed by atoms with Crippen LogP contribution in [0.4, 0.5) is 5.69 Å². The number of nitrogens with zero attached hydrogens (tertiary/aromatic N) is 2. The van der Waals surface area contributed by atoms with E-state index in [1.165, 1.54) is 0 Å². The second kappa shape index (κ2) is 8.09. The van der Waals surface area contributed by atoms with Crippen LogP contribution in [-0.2, 0) is 4.79 Å². The predicted octanol–water partition coefficient (Wildman–Crippen LogP) is 2.65. The van der Waals surface area contributed by atoms with Crippen LogP contribution in [-0.4, -0.2) is 22.6 Å². The summed E-state index contributed by atoms with van der Waals surface area (Å²) in [5.74, 6) is -0.351. The number of aromatic nitrogens is 1. The van der Waals surface area contributed by atoms with E-state index in [1.807, 2.05) is 0 Å². The third-order valence-corrected chi connectivity index (χ3v) is 3.15. The highest BCUT2D eigenvalue weighted by Crippen LogP contribution is 2.17. The fourth-order valence-electron chi connectivity index (χ4n) is 1.92. The topological polar surface area (TPSA) is 86.0 Å². The summed E-state index contributed by atoms with van der Waals surface area (Å²) in [7, 11) is 0. The number of aliphatic carboxylic acids is 1. The van der Waals surface area contributed by atoms with Gasteiger partial charge in [-0.1, -0.05) is 13.3 Å². The molecule has 102 valence electrons. The number of hydrogen-bond donors (Lipinski definition) is 2. The zero-order valence-electron chi connectivity index (χ0n) is 11.1. The van der Waals surface area contributed by atoms with Crippen molar-refractivity contribution in [2.24, 2.45) is 5.92 Å². The van der Waals surface area contributed by atoms with E-state index in [9.17, 15) is 4.79 Å². The Morgan fingerprint density at radius 2 is 2.37 bits per heavy atom. The Morgan fingerprint density at radius 1 is 1.58 bits per heavy atom. The molecule has 1 aromatic heterocycles. The monoisotopic (exact) mass is 261 g/mol. The summed E-state index contributed by atoms with van der Waals surface area (Å²) in [6, 6.07) is 3.78. The molecule has 0 radical (unpaired) electrons. The lowest BCUT2D eigenvalue weighted by Gasteiger charge is -2.14. The van der Waals surface area contributed by atoms with E-state index in [2.05, 4.69) is 23.3 Å². The number of carboxylic acid groups (broad SMARTS) is 1. The van der Waals surface area contributed by atoms with Crippen molar-refractivity contribution in [2.45, 2.75) is 32.6 Å². The fraction of sp³-hybridized carbons (Fsp3) is 0.500. The zero-order chi connectivity index (χ0) is 14.1. The molecule has 2 N–H and O–H groups in total. The van der Waals surface area contributed by atoms with E-state index >= 15 is 0 Å². The lowest BCUT2D eigenvalue weighted by atomic mass is 9.96. The Hall–Kier alpha value is -2.09. The van der Waals surface area contributed by atoms with Crippen molar-refractivity contribution in [1.29, 1.82) is 5.26 Å². The molecule has 1 aromatic rings. The van der Waals surface area contributed by atoms with Crippen LogP contribution in [0.5, 0.6) is 0 Å². The van der Waals surface area contributed by atoms with Gasteiger partial charge in [0.05, 0.1) is 17.4 Å². The first-order valence-corrected chi connectivity index (χ1v) is 6.47. The third kappa shape index (κ3) is 5.38. The van der Waals surface area contributed by atoms with Gasteiger partial charge in [0.15, 0.2) is 0 Å². The SMILES string of the molecule is CCC(CCNc1cnccc1C#N)CCC(=O)O. The van der Waals surface area contributed by atoms with Gasteiger partial charge in [0.25, 0.3) is 0 Å². The summed E-state index contributed by atoms with van der Waals surface area (Å²) in [6.07, 6.45) is 6.00. The number of carbonyl (C=O) groups is 1. The van der Waals surface area contributed by atoms with Crippen LogP contribution in [0.25, 0.3) is 0 Å². The number of pyridine rings is 1. The van der Waals surface area contributed by atoms with Crippen LogP contribution >= 0.6 is 0 Å². The second-order valence-corrected chi connectivity index (χ2v) is 4.46. The maximum Gasteiger partial charge on any atom is 0.303 e. The number of nitrogens with one attached hydrogen (secondary N) is 1. The number of rotatable bonds is 8. The third-order valence-electron chi connectivity index (χ3n) is 3.15. The largest absolute Gasteiger partial charge is 0.481 e. The van der Waals surface area contributed by atoms with Crippen LogP contribution in [0, 0.1) is 17.2 Å². The first-order chi connectivity index (χ1) is 9.17. The lowest BCUT2D eigenvalue weighted by Crippen LogP contribution is -2.11. The number of nitriles is 1. The van der Waals surface area contributed by atoms with Crippen LogP contribution < -0.4 is 5.32 Å². The smallest absolute Gasteiger partial charge is 0.303 e. The molecule has 0 saturated heterocycles. The van der Waals surface area contributed by atoms with E-state index in [4.69, 9.17) is 10.4 Å². The normalized spacial score (nSPS) is 11.6. The highest BCUT2D eigenvalue weighted by atomic mass is 16.4. The molecule has 0 bridgehead atoms. The van der Waals surface area contributed by atoms with E-state index in [-0.39, 0.29) is 6.42 Å². The Balaban J connectivity index is 2.40. The standard InChI is InChI=1S/C14H19N3O2/c1-2-11(3-4-14(18)19)5-8-17-13-10-16-7-6-12(13)9-15/h6-7,10-11,17H,2-5,8H2,1H3,(H,18,19). The molecule has 0 amide bonds. The molecule has 0 spiro atoms. The summed E-state index contributed by atoms with van der Waals surface area (Å²) in [5, 5.41) is 20.8. The summed E-state index contributed by atoms with van der Waals surface area (Å²) in [5.41, 5.74) is 1.31. The summed E-state index contributed by atoms with van der Waals surface area (Å²) >= 11 is 0. The molecular weight excluding hydrogens is 242 g/mol. The molecule has 0 saturated carbocycles. The van der Waals surface area contributed by atoms with Crippen molar-refractivity contribution in [1.82, 2.24) is 4.98 Å². The number of anilines is 1. The van der Waals surface area contributed by atoms with Crippen LogP contribution in [0.1, 0.15) is 38.2 Å². The summed E-state index contributed by atoms with van der Waals surface area (Å²) in [6.45, 7) is 2.79. The first-order valence-electron chi connectivity index (χ1n) is 6.47. The summed E-state index contributed by atoms with van der Waals surface area (Å²) in [4.78, 5) is 14.5. The fourth-order valence-corrected chi connectivity index (χ4v) is 1.92. The minimum Gasteiger partial charge on any atom is -0.481 e. The van der Waals surface area contributed by atoms with Gasteiger partial charge >= 0.3 is 5.97 Å². The Bertz CT molecular complexity index is 454. The quantitative estimate of drug-likeness (QED) is 0.751. The van der Waals surface area contributed by atoms with Gasteiger partial charge in [-0.25, -0.2) is 0 Å². The molecule has 19 heavy (non-hydrogen) atoms. The predicted molar refractivity (Wildman–Crippen MR) is 72.7 cm³/mol. The number of hydrogen-bond acceptors (Lipinski definition) is 4. The van der Waals surface area contributed by atoms with E-state index in [0.29, 0.717) is 17.9 Å². The highest BCUT2D eigenvalue weighted by molar-refractivity contribution is 5.66. The minimum absolute atomic E-state index is 0.217. The van der Waals surface area contributed by atoms with Gasteiger partial charge in [-0.3, -0.25) is 9.78 Å². The molecule has 0 fully saturated rings. The molecule has 5 heteroatoms. The molecule has 0 aromatic carbocycles. The van der Waals surface area contributed by atoms with Gasteiger partial charge in [0, 0.05) is 19.2 Å². The maximum absolute atomic E-state index is 10.5.